The standard InChI is InChI=1S/C8H16N2/c1-7(2,3)8(4,5)10-6-9/h10H,1-5H3. The van der Waals surface area contributed by atoms with Crippen molar-refractivity contribution in [2.24, 2.45) is 5.41 Å². The maximum absolute atomic E-state index is 8.40. The van der Waals surface area contributed by atoms with Crippen molar-refractivity contribution in [2.75, 3.05) is 0 Å². The summed E-state index contributed by atoms with van der Waals surface area (Å²) in [4.78, 5) is 0. The smallest absolute Gasteiger partial charge is 0.177 e. The van der Waals surface area contributed by atoms with E-state index in [9.17, 15) is 0 Å². The summed E-state index contributed by atoms with van der Waals surface area (Å²) in [6.07, 6.45) is 1.96. The van der Waals surface area contributed by atoms with Gasteiger partial charge in [0.15, 0.2) is 6.19 Å². The van der Waals surface area contributed by atoms with Crippen molar-refractivity contribution in [1.29, 1.82) is 5.26 Å². The van der Waals surface area contributed by atoms with E-state index >= 15 is 0 Å². The Bertz CT molecular complexity index is 146. The lowest BCUT2D eigenvalue weighted by Gasteiger charge is -2.37. The molecule has 0 bridgehead atoms. The number of nitrogens with one attached hydrogen (secondary N) is 1. The number of nitrogens with zero attached hydrogens (tertiary/aromatic N) is 1. The lowest BCUT2D eigenvalue weighted by Crippen LogP contribution is -2.47. The molecule has 0 saturated carbocycles. The van der Waals surface area contributed by atoms with Crippen molar-refractivity contribution >= 4 is 0 Å². The molecule has 0 aliphatic rings. The Balaban J connectivity index is 4.28. The molecule has 0 heterocycles. The van der Waals surface area contributed by atoms with Gasteiger partial charge in [-0.1, -0.05) is 20.8 Å². The number of hydrogen-bond acceptors (Lipinski definition) is 2. The van der Waals surface area contributed by atoms with Gasteiger partial charge in [-0.15, -0.1) is 0 Å². The highest BCUT2D eigenvalue weighted by Gasteiger charge is 2.31. The van der Waals surface area contributed by atoms with Crippen LogP contribution in [-0.2, 0) is 0 Å². The first-order valence-electron chi connectivity index (χ1n) is 3.47. The monoisotopic (exact) mass is 140 g/mol. The zero-order chi connectivity index (χ0) is 8.41. The van der Waals surface area contributed by atoms with E-state index in [2.05, 4.69) is 26.1 Å². The Morgan fingerprint density at radius 1 is 1.10 bits per heavy atom. The van der Waals surface area contributed by atoms with Crippen molar-refractivity contribution in [1.82, 2.24) is 5.32 Å². The Kier molecular flexibility index (Phi) is 2.32. The fourth-order valence-electron chi connectivity index (χ4n) is 0.327. The third-order valence-electron chi connectivity index (χ3n) is 2.24. The minimum Gasteiger partial charge on any atom is -0.318 e. The first-order chi connectivity index (χ1) is 4.31. The second-order valence-corrected chi connectivity index (χ2v) is 4.11. The molecule has 0 spiro atoms. The molecule has 0 rings (SSSR count). The van der Waals surface area contributed by atoms with E-state index in [0.29, 0.717) is 0 Å². The maximum Gasteiger partial charge on any atom is 0.177 e. The van der Waals surface area contributed by atoms with Gasteiger partial charge in [-0.2, -0.15) is 5.26 Å². The molecular weight excluding hydrogens is 124 g/mol. The molecular formula is C8H16N2. The van der Waals surface area contributed by atoms with Crippen molar-refractivity contribution in [3.8, 4) is 6.19 Å². The third-order valence-corrected chi connectivity index (χ3v) is 2.24. The lowest BCUT2D eigenvalue weighted by molar-refractivity contribution is 0.200. The second kappa shape index (κ2) is 2.49. The van der Waals surface area contributed by atoms with Crippen molar-refractivity contribution < 1.29 is 0 Å². The molecule has 58 valence electrons. The van der Waals surface area contributed by atoms with Crippen LogP contribution in [0.3, 0.4) is 0 Å². The van der Waals surface area contributed by atoms with E-state index < -0.39 is 0 Å². The predicted molar refractivity (Wildman–Crippen MR) is 42.3 cm³/mol. The Hall–Kier alpha value is -0.710. The molecule has 0 aromatic heterocycles. The molecule has 0 atom stereocenters. The van der Waals surface area contributed by atoms with Crippen LogP contribution in [-0.4, -0.2) is 5.54 Å². The molecule has 0 amide bonds. The van der Waals surface area contributed by atoms with Gasteiger partial charge in [0.05, 0.1) is 0 Å². The van der Waals surface area contributed by atoms with Crippen LogP contribution < -0.4 is 5.32 Å². The zero-order valence-corrected chi connectivity index (χ0v) is 7.45. The predicted octanol–water partition coefficient (Wildman–Crippen LogP) is 1.88. The van der Waals surface area contributed by atoms with E-state index in [1.54, 1.807) is 0 Å². The highest BCUT2D eigenvalue weighted by Crippen LogP contribution is 2.28. The van der Waals surface area contributed by atoms with E-state index in [4.69, 9.17) is 5.26 Å². The summed E-state index contributed by atoms with van der Waals surface area (Å²) in [6.45, 7) is 10.4. The topological polar surface area (TPSA) is 35.8 Å². The van der Waals surface area contributed by atoms with Crippen LogP contribution >= 0.6 is 0 Å². The molecule has 0 fully saturated rings. The number of hydrogen-bond donors (Lipinski definition) is 1. The largest absolute Gasteiger partial charge is 0.318 e. The van der Waals surface area contributed by atoms with E-state index in [1.807, 2.05) is 20.0 Å². The van der Waals surface area contributed by atoms with E-state index in [1.165, 1.54) is 0 Å². The van der Waals surface area contributed by atoms with Gasteiger partial charge in [-0.25, -0.2) is 0 Å². The summed E-state index contributed by atoms with van der Waals surface area (Å²) < 4.78 is 0. The highest BCUT2D eigenvalue weighted by atomic mass is 15.0. The van der Waals surface area contributed by atoms with Crippen LogP contribution in [0.5, 0.6) is 0 Å². The minimum absolute atomic E-state index is 0.114. The Labute approximate surface area is 63.2 Å². The van der Waals surface area contributed by atoms with Gasteiger partial charge < -0.3 is 5.32 Å². The zero-order valence-electron chi connectivity index (χ0n) is 7.45. The molecule has 1 N–H and O–H groups in total. The fourth-order valence-corrected chi connectivity index (χ4v) is 0.327. The Morgan fingerprint density at radius 2 is 1.50 bits per heavy atom. The summed E-state index contributed by atoms with van der Waals surface area (Å²) >= 11 is 0. The van der Waals surface area contributed by atoms with Crippen LogP contribution in [0.1, 0.15) is 34.6 Å². The quantitative estimate of drug-likeness (QED) is 0.446. The summed E-state index contributed by atoms with van der Waals surface area (Å²) in [7, 11) is 0. The molecule has 0 aliphatic heterocycles. The van der Waals surface area contributed by atoms with Crippen LogP contribution in [0.25, 0.3) is 0 Å². The second-order valence-electron chi connectivity index (χ2n) is 4.11. The van der Waals surface area contributed by atoms with Gasteiger partial charge in [0.2, 0.25) is 0 Å². The average molecular weight is 140 g/mol. The molecule has 0 saturated heterocycles. The van der Waals surface area contributed by atoms with Crippen LogP contribution in [0.15, 0.2) is 0 Å². The minimum atomic E-state index is -0.123. The first kappa shape index (κ1) is 9.29. The highest BCUT2D eigenvalue weighted by molar-refractivity contribution is 4.94. The summed E-state index contributed by atoms with van der Waals surface area (Å²) in [5.41, 5.74) is -0.00944. The van der Waals surface area contributed by atoms with E-state index in [-0.39, 0.29) is 11.0 Å². The molecule has 0 aromatic carbocycles. The molecule has 0 radical (unpaired) electrons. The summed E-state index contributed by atoms with van der Waals surface area (Å²) in [6, 6.07) is 0. The SMILES string of the molecule is CC(C)(C)C(C)(C)NC#N. The van der Waals surface area contributed by atoms with Crippen molar-refractivity contribution in [3.63, 3.8) is 0 Å². The van der Waals surface area contributed by atoms with Gasteiger partial charge in [0.25, 0.3) is 0 Å². The van der Waals surface area contributed by atoms with Gasteiger partial charge >= 0.3 is 0 Å². The maximum atomic E-state index is 8.40. The molecule has 2 nitrogen and oxygen atoms in total. The van der Waals surface area contributed by atoms with Crippen LogP contribution in [0.2, 0.25) is 0 Å². The van der Waals surface area contributed by atoms with Crippen molar-refractivity contribution in [2.45, 2.75) is 40.2 Å². The molecule has 2 heteroatoms. The van der Waals surface area contributed by atoms with Gasteiger partial charge in [0, 0.05) is 5.54 Å². The number of rotatable bonds is 1. The normalized spacial score (nSPS) is 12.4. The summed E-state index contributed by atoms with van der Waals surface area (Å²) in [5.74, 6) is 0. The lowest BCUT2D eigenvalue weighted by atomic mass is 9.76. The first-order valence-corrected chi connectivity index (χ1v) is 3.47. The molecule has 0 unspecified atom stereocenters. The van der Waals surface area contributed by atoms with Gasteiger partial charge in [-0.3, -0.25) is 0 Å². The third kappa shape index (κ3) is 1.91. The van der Waals surface area contributed by atoms with Gasteiger partial charge in [-0.05, 0) is 19.3 Å². The Morgan fingerprint density at radius 3 is 1.60 bits per heavy atom. The van der Waals surface area contributed by atoms with E-state index in [0.717, 1.165) is 0 Å². The fraction of sp³-hybridized carbons (Fsp3) is 0.875. The molecule has 0 aliphatic carbocycles. The van der Waals surface area contributed by atoms with Crippen LogP contribution in [0.4, 0.5) is 0 Å². The molecule has 0 aromatic rings. The average Bonchev–Trinajstić information content (AvgIpc) is 1.61. The number of nitriles is 1. The molecule has 10 heavy (non-hydrogen) atoms. The summed E-state index contributed by atoms with van der Waals surface area (Å²) in [5, 5.41) is 11.2. The van der Waals surface area contributed by atoms with Gasteiger partial charge in [0.1, 0.15) is 0 Å². The van der Waals surface area contributed by atoms with Crippen LogP contribution in [0, 0.1) is 16.9 Å². The van der Waals surface area contributed by atoms with Crippen molar-refractivity contribution in [3.05, 3.63) is 0 Å².